The van der Waals surface area contributed by atoms with Crippen molar-refractivity contribution >= 4 is 11.8 Å². The van der Waals surface area contributed by atoms with Gasteiger partial charge in [-0.1, -0.05) is 0 Å². The van der Waals surface area contributed by atoms with Gasteiger partial charge in [-0.2, -0.15) is 0 Å². The molecule has 1 saturated heterocycles. The molecule has 1 aliphatic rings. The van der Waals surface area contributed by atoms with Crippen LogP contribution in [-0.2, 0) is 14.4 Å². The Morgan fingerprint density at radius 2 is 2.54 bits per heavy atom. The second-order valence-corrected chi connectivity index (χ2v) is 2.94. The summed E-state index contributed by atoms with van der Waals surface area (Å²) in [5.41, 5.74) is 2.33. The van der Waals surface area contributed by atoms with Crippen molar-refractivity contribution in [2.24, 2.45) is 5.92 Å². The SMILES string of the molecule is CCONC(=O)C1CCC(=O)NC1. The van der Waals surface area contributed by atoms with Crippen LogP contribution in [0.1, 0.15) is 19.8 Å². The van der Waals surface area contributed by atoms with Crippen molar-refractivity contribution in [3.8, 4) is 0 Å². The van der Waals surface area contributed by atoms with Gasteiger partial charge in [-0.05, 0) is 13.3 Å². The lowest BCUT2D eigenvalue weighted by Gasteiger charge is -2.20. The van der Waals surface area contributed by atoms with Gasteiger partial charge in [0.2, 0.25) is 11.8 Å². The molecule has 2 N–H and O–H groups in total. The molecule has 5 nitrogen and oxygen atoms in total. The number of hydrogen-bond acceptors (Lipinski definition) is 3. The van der Waals surface area contributed by atoms with Crippen molar-refractivity contribution in [2.75, 3.05) is 13.2 Å². The molecule has 2 amide bonds. The van der Waals surface area contributed by atoms with E-state index in [-0.39, 0.29) is 17.7 Å². The van der Waals surface area contributed by atoms with Gasteiger partial charge in [-0.25, -0.2) is 5.48 Å². The van der Waals surface area contributed by atoms with Crippen molar-refractivity contribution in [1.82, 2.24) is 10.8 Å². The molecule has 1 rings (SSSR count). The largest absolute Gasteiger partial charge is 0.355 e. The quantitative estimate of drug-likeness (QED) is 0.588. The highest BCUT2D eigenvalue weighted by Crippen LogP contribution is 2.10. The number of piperidine rings is 1. The summed E-state index contributed by atoms with van der Waals surface area (Å²) in [6.07, 6.45) is 1.02. The van der Waals surface area contributed by atoms with Crippen LogP contribution in [0.5, 0.6) is 0 Å². The first kappa shape index (κ1) is 9.98. The fourth-order valence-corrected chi connectivity index (χ4v) is 1.18. The maximum atomic E-state index is 11.3. The Bertz CT molecular complexity index is 196. The van der Waals surface area contributed by atoms with Crippen molar-refractivity contribution < 1.29 is 14.4 Å². The molecule has 0 aliphatic carbocycles. The summed E-state index contributed by atoms with van der Waals surface area (Å²) in [6, 6.07) is 0. The first-order valence-corrected chi connectivity index (χ1v) is 4.42. The van der Waals surface area contributed by atoms with Gasteiger partial charge in [0.1, 0.15) is 0 Å². The molecule has 74 valence electrons. The third-order valence-electron chi connectivity index (χ3n) is 1.95. The lowest BCUT2D eigenvalue weighted by atomic mass is 9.99. The first-order chi connectivity index (χ1) is 6.24. The van der Waals surface area contributed by atoms with E-state index in [2.05, 4.69) is 10.8 Å². The Morgan fingerprint density at radius 3 is 3.08 bits per heavy atom. The Kier molecular flexibility index (Phi) is 3.70. The van der Waals surface area contributed by atoms with Crippen molar-refractivity contribution in [1.29, 1.82) is 0 Å². The van der Waals surface area contributed by atoms with Gasteiger partial charge in [-0.15, -0.1) is 0 Å². The summed E-state index contributed by atoms with van der Waals surface area (Å²) in [5, 5.41) is 2.63. The monoisotopic (exact) mass is 186 g/mol. The molecule has 1 aliphatic heterocycles. The number of rotatable bonds is 3. The number of carbonyl (C=O) groups is 2. The number of nitrogens with one attached hydrogen (secondary N) is 2. The summed E-state index contributed by atoms with van der Waals surface area (Å²) in [4.78, 5) is 26.8. The van der Waals surface area contributed by atoms with Crippen LogP contribution < -0.4 is 10.8 Å². The summed E-state index contributed by atoms with van der Waals surface area (Å²) in [5.74, 6) is -0.286. The van der Waals surface area contributed by atoms with Crippen LogP contribution in [0.2, 0.25) is 0 Å². The van der Waals surface area contributed by atoms with Crippen molar-refractivity contribution in [3.05, 3.63) is 0 Å². The molecule has 0 aromatic heterocycles. The smallest absolute Gasteiger partial charge is 0.248 e. The predicted octanol–water partition coefficient (Wildman–Crippen LogP) is -0.420. The standard InChI is InChI=1S/C8H14N2O3/c1-2-13-10-8(12)6-3-4-7(11)9-5-6/h6H,2-5H2,1H3,(H,9,11)(H,10,12). The zero-order chi connectivity index (χ0) is 9.68. The maximum absolute atomic E-state index is 11.3. The molecule has 0 saturated carbocycles. The highest BCUT2D eigenvalue weighted by atomic mass is 16.6. The van der Waals surface area contributed by atoms with Crippen LogP contribution in [0.4, 0.5) is 0 Å². The third kappa shape index (κ3) is 3.02. The van der Waals surface area contributed by atoms with Gasteiger partial charge in [0.05, 0.1) is 12.5 Å². The molecule has 5 heteroatoms. The van der Waals surface area contributed by atoms with Crippen molar-refractivity contribution in [2.45, 2.75) is 19.8 Å². The highest BCUT2D eigenvalue weighted by Gasteiger charge is 2.24. The second kappa shape index (κ2) is 4.81. The van der Waals surface area contributed by atoms with Crippen LogP contribution in [0.3, 0.4) is 0 Å². The van der Waals surface area contributed by atoms with Gasteiger partial charge in [0, 0.05) is 13.0 Å². The molecule has 0 bridgehead atoms. The molecular weight excluding hydrogens is 172 g/mol. The summed E-state index contributed by atoms with van der Waals surface area (Å²) < 4.78 is 0. The van der Waals surface area contributed by atoms with E-state index >= 15 is 0 Å². The fraction of sp³-hybridized carbons (Fsp3) is 0.750. The van der Waals surface area contributed by atoms with Crippen LogP contribution >= 0.6 is 0 Å². The molecule has 1 fully saturated rings. The van der Waals surface area contributed by atoms with Gasteiger partial charge >= 0.3 is 0 Å². The molecule has 1 unspecified atom stereocenters. The lowest BCUT2D eigenvalue weighted by Crippen LogP contribution is -2.42. The van der Waals surface area contributed by atoms with E-state index in [1.54, 1.807) is 6.92 Å². The molecule has 1 heterocycles. The van der Waals surface area contributed by atoms with Gasteiger partial charge < -0.3 is 5.32 Å². The molecular formula is C8H14N2O3. The normalized spacial score (nSPS) is 22.2. The predicted molar refractivity (Wildman–Crippen MR) is 45.5 cm³/mol. The van der Waals surface area contributed by atoms with E-state index in [0.29, 0.717) is 26.0 Å². The Labute approximate surface area is 76.8 Å². The van der Waals surface area contributed by atoms with Crippen LogP contribution in [0.25, 0.3) is 0 Å². The number of amides is 2. The van der Waals surface area contributed by atoms with Gasteiger partial charge in [0.15, 0.2) is 0 Å². The average molecular weight is 186 g/mol. The van der Waals surface area contributed by atoms with Gasteiger partial charge in [-0.3, -0.25) is 14.4 Å². The molecule has 1 atom stereocenters. The Hall–Kier alpha value is -1.10. The highest BCUT2D eigenvalue weighted by molar-refractivity contribution is 5.83. The molecule has 0 aromatic rings. The molecule has 13 heavy (non-hydrogen) atoms. The minimum atomic E-state index is -0.151. The van der Waals surface area contributed by atoms with E-state index < -0.39 is 0 Å². The summed E-state index contributed by atoms with van der Waals surface area (Å²) >= 11 is 0. The van der Waals surface area contributed by atoms with Crippen LogP contribution in [0.15, 0.2) is 0 Å². The Balaban J connectivity index is 2.27. The van der Waals surface area contributed by atoms with E-state index in [1.165, 1.54) is 0 Å². The summed E-state index contributed by atoms with van der Waals surface area (Å²) in [7, 11) is 0. The zero-order valence-electron chi connectivity index (χ0n) is 7.63. The minimum Gasteiger partial charge on any atom is -0.355 e. The van der Waals surface area contributed by atoms with Crippen LogP contribution in [-0.4, -0.2) is 25.0 Å². The van der Waals surface area contributed by atoms with E-state index in [4.69, 9.17) is 4.84 Å². The Morgan fingerprint density at radius 1 is 1.77 bits per heavy atom. The molecule has 0 spiro atoms. The topological polar surface area (TPSA) is 67.4 Å². The van der Waals surface area contributed by atoms with Crippen LogP contribution in [0, 0.1) is 5.92 Å². The van der Waals surface area contributed by atoms with E-state index in [9.17, 15) is 9.59 Å². The molecule has 0 aromatic carbocycles. The first-order valence-electron chi connectivity index (χ1n) is 4.42. The number of hydrogen-bond donors (Lipinski definition) is 2. The zero-order valence-corrected chi connectivity index (χ0v) is 7.63. The minimum absolute atomic E-state index is 0.0143. The number of hydroxylamine groups is 1. The van der Waals surface area contributed by atoms with E-state index in [0.717, 1.165) is 0 Å². The summed E-state index contributed by atoms with van der Waals surface area (Å²) in [6.45, 7) is 2.66. The maximum Gasteiger partial charge on any atom is 0.248 e. The van der Waals surface area contributed by atoms with Crippen molar-refractivity contribution in [3.63, 3.8) is 0 Å². The fourth-order valence-electron chi connectivity index (χ4n) is 1.18. The molecule has 0 radical (unpaired) electrons. The third-order valence-corrected chi connectivity index (χ3v) is 1.95. The lowest BCUT2D eigenvalue weighted by molar-refractivity contribution is -0.139. The second-order valence-electron chi connectivity index (χ2n) is 2.94. The van der Waals surface area contributed by atoms with E-state index in [1.807, 2.05) is 0 Å². The average Bonchev–Trinajstić information content (AvgIpc) is 2.15. The van der Waals surface area contributed by atoms with Gasteiger partial charge in [0.25, 0.3) is 0 Å². The number of carbonyl (C=O) groups excluding carboxylic acids is 2.